The van der Waals surface area contributed by atoms with Crippen LogP contribution in [0.4, 0.5) is 0 Å². The summed E-state index contributed by atoms with van der Waals surface area (Å²) in [7, 11) is 1.88. The predicted octanol–water partition coefficient (Wildman–Crippen LogP) is 3.64. The zero-order valence-corrected chi connectivity index (χ0v) is 11.2. The van der Waals surface area contributed by atoms with Crippen molar-refractivity contribution in [2.75, 3.05) is 13.7 Å². The maximum absolute atomic E-state index is 5.81. The molecule has 1 atom stereocenters. The van der Waals surface area contributed by atoms with Gasteiger partial charge in [-0.05, 0) is 55.4 Å². The van der Waals surface area contributed by atoms with Gasteiger partial charge in [-0.25, -0.2) is 0 Å². The number of benzene rings is 1. The zero-order valence-electron chi connectivity index (χ0n) is 10.4. The Morgan fingerprint density at radius 2 is 2.17 bits per heavy atom. The van der Waals surface area contributed by atoms with E-state index in [1.807, 2.05) is 44.3 Å². The predicted molar refractivity (Wildman–Crippen MR) is 72.2 cm³/mol. The highest BCUT2D eigenvalue weighted by molar-refractivity contribution is 6.28. The molecule has 1 aromatic heterocycles. The fourth-order valence-corrected chi connectivity index (χ4v) is 2.06. The van der Waals surface area contributed by atoms with E-state index in [4.69, 9.17) is 20.8 Å². The first-order chi connectivity index (χ1) is 8.74. The molecule has 18 heavy (non-hydrogen) atoms. The van der Waals surface area contributed by atoms with Gasteiger partial charge in [0.2, 0.25) is 0 Å². The van der Waals surface area contributed by atoms with Crippen molar-refractivity contribution in [1.29, 1.82) is 0 Å². The molecule has 0 radical (unpaired) electrons. The Bertz CT molecular complexity index is 510. The van der Waals surface area contributed by atoms with Crippen LogP contribution in [0.15, 0.2) is 40.8 Å². The van der Waals surface area contributed by atoms with Gasteiger partial charge in [0.25, 0.3) is 0 Å². The van der Waals surface area contributed by atoms with E-state index in [1.165, 1.54) is 0 Å². The quantitative estimate of drug-likeness (QED) is 0.896. The molecule has 0 fully saturated rings. The normalized spacial score (nSPS) is 12.4. The third-order valence-corrected chi connectivity index (χ3v) is 2.87. The lowest BCUT2D eigenvalue weighted by Crippen LogP contribution is -2.17. The Morgan fingerprint density at radius 1 is 1.33 bits per heavy atom. The summed E-state index contributed by atoms with van der Waals surface area (Å²) in [5.74, 6) is 1.64. The van der Waals surface area contributed by atoms with E-state index >= 15 is 0 Å². The minimum atomic E-state index is -0.0297. The molecule has 96 valence electrons. The summed E-state index contributed by atoms with van der Waals surface area (Å²) in [4.78, 5) is 0. The van der Waals surface area contributed by atoms with Crippen molar-refractivity contribution >= 4 is 11.6 Å². The molecule has 1 heterocycles. The first kappa shape index (κ1) is 13.0. The minimum absolute atomic E-state index is 0.0297. The van der Waals surface area contributed by atoms with E-state index in [9.17, 15) is 0 Å². The van der Waals surface area contributed by atoms with Crippen LogP contribution in [0.25, 0.3) is 0 Å². The van der Waals surface area contributed by atoms with E-state index in [0.29, 0.717) is 11.8 Å². The summed E-state index contributed by atoms with van der Waals surface area (Å²) in [6, 6.07) is 11.5. The molecule has 4 heteroatoms. The van der Waals surface area contributed by atoms with Crippen molar-refractivity contribution in [1.82, 2.24) is 5.32 Å². The standard InChI is InChI=1S/C14H16ClNO2/c1-3-17-11-6-4-5-10(9-11)14(16-2)12-7-8-13(15)18-12/h4-9,14,16H,3H2,1-2H3. The van der Waals surface area contributed by atoms with Gasteiger partial charge in [-0.3, -0.25) is 0 Å². The fraction of sp³-hybridized carbons (Fsp3) is 0.286. The van der Waals surface area contributed by atoms with Crippen LogP contribution < -0.4 is 10.1 Å². The number of ether oxygens (including phenoxy) is 1. The summed E-state index contributed by atoms with van der Waals surface area (Å²) in [6.07, 6.45) is 0. The van der Waals surface area contributed by atoms with Gasteiger partial charge >= 0.3 is 0 Å². The van der Waals surface area contributed by atoms with E-state index in [1.54, 1.807) is 6.07 Å². The average Bonchev–Trinajstić information content (AvgIpc) is 2.78. The van der Waals surface area contributed by atoms with E-state index < -0.39 is 0 Å². The lowest BCUT2D eigenvalue weighted by Gasteiger charge is -2.15. The maximum Gasteiger partial charge on any atom is 0.193 e. The third kappa shape index (κ3) is 2.86. The number of hydrogen-bond acceptors (Lipinski definition) is 3. The smallest absolute Gasteiger partial charge is 0.193 e. The highest BCUT2D eigenvalue weighted by atomic mass is 35.5. The number of rotatable bonds is 5. The first-order valence-electron chi connectivity index (χ1n) is 5.90. The summed E-state index contributed by atoms with van der Waals surface area (Å²) in [5.41, 5.74) is 1.08. The largest absolute Gasteiger partial charge is 0.494 e. The lowest BCUT2D eigenvalue weighted by atomic mass is 10.0. The van der Waals surface area contributed by atoms with Crippen molar-refractivity contribution < 1.29 is 9.15 Å². The van der Waals surface area contributed by atoms with Gasteiger partial charge in [0.1, 0.15) is 11.5 Å². The van der Waals surface area contributed by atoms with Crippen LogP contribution in [0.1, 0.15) is 24.3 Å². The second-order valence-corrected chi connectivity index (χ2v) is 4.24. The van der Waals surface area contributed by atoms with Crippen LogP contribution in [0.3, 0.4) is 0 Å². The Hall–Kier alpha value is -1.45. The van der Waals surface area contributed by atoms with Crippen LogP contribution in [0.2, 0.25) is 5.22 Å². The van der Waals surface area contributed by atoms with E-state index in [-0.39, 0.29) is 6.04 Å². The summed E-state index contributed by atoms with van der Waals surface area (Å²) in [6.45, 7) is 2.62. The second kappa shape index (κ2) is 5.94. The number of halogens is 1. The monoisotopic (exact) mass is 265 g/mol. The molecule has 0 amide bonds. The topological polar surface area (TPSA) is 34.4 Å². The van der Waals surface area contributed by atoms with Crippen molar-refractivity contribution in [2.24, 2.45) is 0 Å². The molecule has 0 aliphatic rings. The van der Waals surface area contributed by atoms with Crippen molar-refractivity contribution in [3.05, 3.63) is 52.9 Å². The van der Waals surface area contributed by atoms with E-state index in [2.05, 4.69) is 5.32 Å². The van der Waals surface area contributed by atoms with Crippen LogP contribution in [0.5, 0.6) is 5.75 Å². The van der Waals surface area contributed by atoms with E-state index in [0.717, 1.165) is 17.1 Å². The molecule has 0 aliphatic heterocycles. The SMILES string of the molecule is CCOc1cccc(C(NC)c2ccc(Cl)o2)c1. The van der Waals surface area contributed by atoms with Gasteiger partial charge in [0.15, 0.2) is 5.22 Å². The molecular weight excluding hydrogens is 250 g/mol. The molecule has 0 saturated heterocycles. The Morgan fingerprint density at radius 3 is 2.78 bits per heavy atom. The summed E-state index contributed by atoms with van der Waals surface area (Å²) < 4.78 is 11.0. The second-order valence-electron chi connectivity index (χ2n) is 3.87. The summed E-state index contributed by atoms with van der Waals surface area (Å²) >= 11 is 5.81. The molecule has 0 spiro atoms. The number of furan rings is 1. The number of hydrogen-bond donors (Lipinski definition) is 1. The fourth-order valence-electron chi connectivity index (χ4n) is 1.91. The molecule has 2 aromatic rings. The van der Waals surface area contributed by atoms with Gasteiger partial charge in [-0.1, -0.05) is 12.1 Å². The van der Waals surface area contributed by atoms with Crippen molar-refractivity contribution in [2.45, 2.75) is 13.0 Å². The van der Waals surface area contributed by atoms with Gasteiger partial charge in [-0.15, -0.1) is 0 Å². The molecule has 1 aromatic carbocycles. The molecule has 0 aliphatic carbocycles. The molecule has 3 nitrogen and oxygen atoms in total. The maximum atomic E-state index is 5.81. The van der Waals surface area contributed by atoms with Gasteiger partial charge in [0.05, 0.1) is 12.6 Å². The molecule has 1 N–H and O–H groups in total. The Labute approximate surface area is 112 Å². The van der Waals surface area contributed by atoms with Crippen LogP contribution in [0, 0.1) is 0 Å². The molecule has 2 rings (SSSR count). The average molecular weight is 266 g/mol. The zero-order chi connectivity index (χ0) is 13.0. The minimum Gasteiger partial charge on any atom is -0.494 e. The van der Waals surface area contributed by atoms with Crippen LogP contribution in [-0.4, -0.2) is 13.7 Å². The highest BCUT2D eigenvalue weighted by Gasteiger charge is 2.16. The Balaban J connectivity index is 2.29. The van der Waals surface area contributed by atoms with Crippen LogP contribution in [-0.2, 0) is 0 Å². The lowest BCUT2D eigenvalue weighted by molar-refractivity contribution is 0.339. The Kier molecular flexibility index (Phi) is 4.28. The van der Waals surface area contributed by atoms with Crippen LogP contribution >= 0.6 is 11.6 Å². The molecule has 0 bridgehead atoms. The number of nitrogens with one attached hydrogen (secondary N) is 1. The molecule has 1 unspecified atom stereocenters. The molecular formula is C14H16ClNO2. The van der Waals surface area contributed by atoms with Crippen molar-refractivity contribution in [3.63, 3.8) is 0 Å². The van der Waals surface area contributed by atoms with Crippen molar-refractivity contribution in [3.8, 4) is 5.75 Å². The van der Waals surface area contributed by atoms with Gasteiger partial charge < -0.3 is 14.5 Å². The van der Waals surface area contributed by atoms with Gasteiger partial charge in [0, 0.05) is 0 Å². The third-order valence-electron chi connectivity index (χ3n) is 2.67. The first-order valence-corrected chi connectivity index (χ1v) is 6.27. The summed E-state index contributed by atoms with van der Waals surface area (Å²) in [5, 5.41) is 3.60. The van der Waals surface area contributed by atoms with Gasteiger partial charge in [-0.2, -0.15) is 0 Å². The highest BCUT2D eigenvalue weighted by Crippen LogP contribution is 2.27. The molecule has 0 saturated carbocycles.